The van der Waals surface area contributed by atoms with Crippen LogP contribution in [0.4, 0.5) is 9.59 Å². The number of hydrogen-bond donors (Lipinski definition) is 2. The lowest BCUT2D eigenvalue weighted by Crippen LogP contribution is -2.48. The Hall–Kier alpha value is -1.30. The van der Waals surface area contributed by atoms with Gasteiger partial charge in [0.05, 0.1) is 6.54 Å². The lowest BCUT2D eigenvalue weighted by Gasteiger charge is -2.19. The van der Waals surface area contributed by atoms with Crippen molar-refractivity contribution in [1.29, 1.82) is 0 Å². The highest BCUT2D eigenvalue weighted by Crippen LogP contribution is 2.12. The molecule has 1 fully saturated rings. The van der Waals surface area contributed by atoms with E-state index in [-0.39, 0.29) is 12.6 Å². The highest BCUT2D eigenvalue weighted by Gasteiger charge is 2.38. The molecule has 0 aromatic heterocycles. The van der Waals surface area contributed by atoms with Crippen LogP contribution in [0.15, 0.2) is 0 Å². The number of imide groups is 1. The predicted octanol–water partition coefficient (Wildman–Crippen LogP) is -0.210. The Labute approximate surface area is 82.5 Å². The zero-order valence-corrected chi connectivity index (χ0v) is 8.52. The molecular weight excluding hydrogens is 186 g/mol. The van der Waals surface area contributed by atoms with Crippen molar-refractivity contribution in [2.45, 2.75) is 26.1 Å². The SMILES string of the molecule is CC(C)NC(=O)N1C(=O)N(C)CC1O. The predicted molar refractivity (Wildman–Crippen MR) is 49.5 cm³/mol. The molecule has 6 heteroatoms. The fourth-order valence-corrected chi connectivity index (χ4v) is 1.25. The number of nitrogens with zero attached hydrogens (tertiary/aromatic N) is 2. The molecule has 1 rings (SSSR count). The van der Waals surface area contributed by atoms with Crippen LogP contribution in [0.5, 0.6) is 0 Å². The van der Waals surface area contributed by atoms with Gasteiger partial charge in [0.25, 0.3) is 0 Å². The summed E-state index contributed by atoms with van der Waals surface area (Å²) in [6.45, 7) is 3.73. The highest BCUT2D eigenvalue weighted by atomic mass is 16.3. The molecular formula is C8H15N3O3. The molecule has 6 nitrogen and oxygen atoms in total. The van der Waals surface area contributed by atoms with Gasteiger partial charge in [0.1, 0.15) is 0 Å². The maximum absolute atomic E-state index is 11.4. The molecule has 1 unspecified atom stereocenters. The minimum Gasteiger partial charge on any atom is -0.371 e. The van der Waals surface area contributed by atoms with Gasteiger partial charge in [-0.05, 0) is 13.8 Å². The number of amides is 4. The second-order valence-electron chi connectivity index (χ2n) is 3.62. The third-order valence-electron chi connectivity index (χ3n) is 1.90. The topological polar surface area (TPSA) is 72.9 Å². The standard InChI is InChI=1S/C8H15N3O3/c1-5(2)9-7(13)11-6(12)4-10(3)8(11)14/h5-6,12H,4H2,1-3H3,(H,9,13). The first-order valence-electron chi connectivity index (χ1n) is 4.46. The summed E-state index contributed by atoms with van der Waals surface area (Å²) in [5.41, 5.74) is 0. The first-order chi connectivity index (χ1) is 6.43. The van der Waals surface area contributed by atoms with Gasteiger partial charge in [-0.15, -0.1) is 0 Å². The molecule has 0 radical (unpaired) electrons. The van der Waals surface area contributed by atoms with Gasteiger partial charge in [0.15, 0.2) is 6.23 Å². The van der Waals surface area contributed by atoms with Crippen LogP contribution in [0.3, 0.4) is 0 Å². The van der Waals surface area contributed by atoms with Gasteiger partial charge in [0.2, 0.25) is 0 Å². The van der Waals surface area contributed by atoms with Crippen LogP contribution >= 0.6 is 0 Å². The van der Waals surface area contributed by atoms with Crippen LogP contribution < -0.4 is 5.32 Å². The molecule has 0 spiro atoms. The van der Waals surface area contributed by atoms with Crippen molar-refractivity contribution >= 4 is 12.1 Å². The van der Waals surface area contributed by atoms with Crippen LogP contribution in [-0.2, 0) is 0 Å². The van der Waals surface area contributed by atoms with E-state index in [1.54, 1.807) is 13.8 Å². The normalized spacial score (nSPS) is 22.1. The van der Waals surface area contributed by atoms with Crippen LogP contribution in [0.1, 0.15) is 13.8 Å². The Morgan fingerprint density at radius 3 is 2.57 bits per heavy atom. The van der Waals surface area contributed by atoms with Crippen molar-refractivity contribution < 1.29 is 14.7 Å². The fourth-order valence-electron chi connectivity index (χ4n) is 1.25. The Kier molecular flexibility index (Phi) is 2.95. The smallest absolute Gasteiger partial charge is 0.330 e. The second kappa shape index (κ2) is 3.83. The van der Waals surface area contributed by atoms with E-state index in [4.69, 9.17) is 0 Å². The minimum absolute atomic E-state index is 0.0617. The van der Waals surface area contributed by atoms with Crippen molar-refractivity contribution in [3.05, 3.63) is 0 Å². The summed E-state index contributed by atoms with van der Waals surface area (Å²) in [5, 5.41) is 12.0. The number of hydrogen-bond acceptors (Lipinski definition) is 3. The van der Waals surface area contributed by atoms with E-state index in [0.717, 1.165) is 4.90 Å². The fraction of sp³-hybridized carbons (Fsp3) is 0.750. The molecule has 1 heterocycles. The number of rotatable bonds is 1. The summed E-state index contributed by atoms with van der Waals surface area (Å²) in [5.74, 6) is 0. The largest absolute Gasteiger partial charge is 0.371 e. The lowest BCUT2D eigenvalue weighted by molar-refractivity contribution is 0.0803. The van der Waals surface area contributed by atoms with Gasteiger partial charge in [-0.25, -0.2) is 14.5 Å². The van der Waals surface area contributed by atoms with E-state index in [2.05, 4.69) is 5.32 Å². The summed E-state index contributed by atoms with van der Waals surface area (Å²) in [6.07, 6.45) is -1.05. The van der Waals surface area contributed by atoms with Gasteiger partial charge in [-0.1, -0.05) is 0 Å². The zero-order chi connectivity index (χ0) is 10.9. The highest BCUT2D eigenvalue weighted by molar-refractivity contribution is 5.95. The molecule has 1 atom stereocenters. The Morgan fingerprint density at radius 1 is 1.64 bits per heavy atom. The van der Waals surface area contributed by atoms with Gasteiger partial charge in [-0.2, -0.15) is 0 Å². The molecule has 80 valence electrons. The number of carbonyl (C=O) groups is 2. The molecule has 4 amide bonds. The van der Waals surface area contributed by atoms with Crippen LogP contribution in [0, 0.1) is 0 Å². The molecule has 0 aliphatic carbocycles. The van der Waals surface area contributed by atoms with Crippen molar-refractivity contribution in [2.24, 2.45) is 0 Å². The lowest BCUT2D eigenvalue weighted by atomic mass is 10.4. The minimum atomic E-state index is -1.05. The van der Waals surface area contributed by atoms with Crippen molar-refractivity contribution in [1.82, 2.24) is 15.1 Å². The molecule has 0 saturated carbocycles. The number of β-amino-alcohol motifs (C(OH)–C–C–N with tert-alkyl or cyclic N) is 1. The molecule has 14 heavy (non-hydrogen) atoms. The van der Waals surface area contributed by atoms with Gasteiger partial charge >= 0.3 is 12.1 Å². The van der Waals surface area contributed by atoms with E-state index < -0.39 is 18.3 Å². The summed E-state index contributed by atoms with van der Waals surface area (Å²) in [4.78, 5) is 24.9. The van der Waals surface area contributed by atoms with Gasteiger partial charge in [0, 0.05) is 13.1 Å². The molecule has 1 aliphatic rings. The van der Waals surface area contributed by atoms with Crippen LogP contribution in [0.25, 0.3) is 0 Å². The molecule has 2 N–H and O–H groups in total. The molecule has 0 bridgehead atoms. The van der Waals surface area contributed by atoms with E-state index in [1.807, 2.05) is 0 Å². The van der Waals surface area contributed by atoms with Gasteiger partial charge in [-0.3, -0.25) is 0 Å². The summed E-state index contributed by atoms with van der Waals surface area (Å²) >= 11 is 0. The third kappa shape index (κ3) is 1.95. The number of aliphatic hydroxyl groups excluding tert-OH is 1. The van der Waals surface area contributed by atoms with Crippen LogP contribution in [-0.4, -0.2) is 52.8 Å². The Balaban J connectivity index is 2.67. The van der Waals surface area contributed by atoms with Crippen LogP contribution in [0.2, 0.25) is 0 Å². The first kappa shape index (κ1) is 10.8. The number of urea groups is 2. The maximum Gasteiger partial charge on any atom is 0.330 e. The Morgan fingerprint density at radius 2 is 2.21 bits per heavy atom. The molecule has 1 saturated heterocycles. The number of nitrogens with one attached hydrogen (secondary N) is 1. The van der Waals surface area contributed by atoms with E-state index in [1.165, 1.54) is 11.9 Å². The van der Waals surface area contributed by atoms with E-state index in [0.29, 0.717) is 0 Å². The third-order valence-corrected chi connectivity index (χ3v) is 1.90. The summed E-state index contributed by atoms with van der Waals surface area (Å²) in [7, 11) is 1.54. The van der Waals surface area contributed by atoms with E-state index >= 15 is 0 Å². The monoisotopic (exact) mass is 201 g/mol. The number of carbonyl (C=O) groups excluding carboxylic acids is 2. The van der Waals surface area contributed by atoms with Crippen molar-refractivity contribution in [3.63, 3.8) is 0 Å². The number of aliphatic hydroxyl groups is 1. The number of likely N-dealkylation sites (N-methyl/N-ethyl adjacent to an activating group) is 1. The maximum atomic E-state index is 11.4. The molecule has 0 aromatic rings. The van der Waals surface area contributed by atoms with Crippen molar-refractivity contribution in [3.8, 4) is 0 Å². The first-order valence-corrected chi connectivity index (χ1v) is 4.46. The molecule has 1 aliphatic heterocycles. The van der Waals surface area contributed by atoms with Crippen molar-refractivity contribution in [2.75, 3.05) is 13.6 Å². The summed E-state index contributed by atoms with van der Waals surface area (Å²) in [6, 6.07) is -1.09. The quantitative estimate of drug-likeness (QED) is 0.616. The average molecular weight is 201 g/mol. The second-order valence-corrected chi connectivity index (χ2v) is 3.62. The Bertz CT molecular complexity index is 254. The van der Waals surface area contributed by atoms with E-state index in [9.17, 15) is 14.7 Å². The summed E-state index contributed by atoms with van der Waals surface area (Å²) < 4.78 is 0. The zero-order valence-electron chi connectivity index (χ0n) is 8.52. The average Bonchev–Trinajstić information content (AvgIpc) is 2.25. The molecule has 0 aromatic carbocycles. The van der Waals surface area contributed by atoms with Gasteiger partial charge < -0.3 is 15.3 Å².